The van der Waals surface area contributed by atoms with E-state index in [1.165, 1.54) is 16.8 Å². The van der Waals surface area contributed by atoms with Crippen LogP contribution in [-0.4, -0.2) is 27.3 Å². The summed E-state index contributed by atoms with van der Waals surface area (Å²) >= 11 is 3.65. The van der Waals surface area contributed by atoms with Crippen molar-refractivity contribution in [3.8, 4) is 0 Å². The molecule has 0 bridgehead atoms. The lowest BCUT2D eigenvalue weighted by molar-refractivity contribution is 0.199. The maximum atomic E-state index is 5.10. The quantitative estimate of drug-likeness (QED) is 0.738. The second kappa shape index (κ2) is 8.22. The van der Waals surface area contributed by atoms with Crippen molar-refractivity contribution in [2.75, 3.05) is 32.2 Å². The fourth-order valence-corrected chi connectivity index (χ4v) is 2.57. The van der Waals surface area contributed by atoms with Crippen LogP contribution in [0.4, 0.5) is 5.69 Å². The predicted octanol–water partition coefficient (Wildman–Crippen LogP) is 3.41. The fraction of sp³-hybridized carbons (Fsp3) is 0.375. The molecule has 0 atom stereocenters. The number of hydrogen-bond acceptors (Lipinski definition) is 4. The third kappa shape index (κ3) is 4.88. The molecule has 0 radical (unpaired) electrons. The van der Waals surface area contributed by atoms with Crippen molar-refractivity contribution in [1.82, 2.24) is 5.32 Å². The topological polar surface area (TPSA) is 37.6 Å². The second-order valence-corrected chi connectivity index (χ2v) is 5.79. The van der Waals surface area contributed by atoms with Gasteiger partial charge in [-0.3, -0.25) is 0 Å². The number of halogens is 1. The first-order valence-corrected chi connectivity index (χ1v) is 7.70. The molecule has 0 fully saturated rings. The SMILES string of the molecule is COCCNCc1ccc(N(C)Cc2ccoc2)cc1Br. The zero-order valence-electron chi connectivity index (χ0n) is 12.4. The number of hydrogen-bond donors (Lipinski definition) is 1. The Bertz CT molecular complexity index is 543. The summed E-state index contributed by atoms with van der Waals surface area (Å²) in [7, 11) is 3.79. The molecule has 4 nitrogen and oxygen atoms in total. The number of ether oxygens (including phenoxy) is 1. The molecule has 1 heterocycles. The van der Waals surface area contributed by atoms with E-state index in [2.05, 4.69) is 51.4 Å². The molecule has 2 aromatic rings. The third-order valence-electron chi connectivity index (χ3n) is 3.28. The Hall–Kier alpha value is -1.30. The van der Waals surface area contributed by atoms with Gasteiger partial charge in [0.1, 0.15) is 0 Å². The molecule has 0 aliphatic carbocycles. The molecule has 21 heavy (non-hydrogen) atoms. The van der Waals surface area contributed by atoms with E-state index >= 15 is 0 Å². The summed E-state index contributed by atoms with van der Waals surface area (Å²) in [5.41, 5.74) is 3.58. The van der Waals surface area contributed by atoms with E-state index in [1.54, 1.807) is 19.6 Å². The number of furan rings is 1. The lowest BCUT2D eigenvalue weighted by atomic mass is 10.2. The van der Waals surface area contributed by atoms with Gasteiger partial charge in [-0.05, 0) is 23.8 Å². The Morgan fingerprint density at radius 1 is 1.33 bits per heavy atom. The van der Waals surface area contributed by atoms with Crippen molar-refractivity contribution in [2.45, 2.75) is 13.1 Å². The van der Waals surface area contributed by atoms with Crippen LogP contribution in [0, 0.1) is 0 Å². The Labute approximate surface area is 134 Å². The van der Waals surface area contributed by atoms with Crippen LogP contribution < -0.4 is 10.2 Å². The molecule has 0 saturated heterocycles. The van der Waals surface area contributed by atoms with Crippen molar-refractivity contribution in [2.24, 2.45) is 0 Å². The molecule has 5 heteroatoms. The van der Waals surface area contributed by atoms with Crippen molar-refractivity contribution in [1.29, 1.82) is 0 Å². The third-order valence-corrected chi connectivity index (χ3v) is 4.01. The Kier molecular flexibility index (Phi) is 6.29. The number of nitrogens with zero attached hydrogens (tertiary/aromatic N) is 1. The van der Waals surface area contributed by atoms with E-state index in [0.717, 1.165) is 30.7 Å². The van der Waals surface area contributed by atoms with Gasteiger partial charge in [-0.2, -0.15) is 0 Å². The zero-order chi connectivity index (χ0) is 15.1. The van der Waals surface area contributed by atoms with Gasteiger partial charge in [0, 0.05) is 49.5 Å². The second-order valence-electron chi connectivity index (χ2n) is 4.93. The molecule has 1 aromatic carbocycles. The number of methoxy groups -OCH3 is 1. The van der Waals surface area contributed by atoms with Crippen LogP contribution in [0.1, 0.15) is 11.1 Å². The van der Waals surface area contributed by atoms with E-state index in [1.807, 2.05) is 6.07 Å². The monoisotopic (exact) mass is 352 g/mol. The molecule has 2 rings (SSSR count). The minimum Gasteiger partial charge on any atom is -0.472 e. The first-order chi connectivity index (χ1) is 10.2. The summed E-state index contributed by atoms with van der Waals surface area (Å²) < 4.78 is 11.2. The highest BCUT2D eigenvalue weighted by Crippen LogP contribution is 2.24. The van der Waals surface area contributed by atoms with Crippen LogP contribution in [0.15, 0.2) is 45.7 Å². The number of nitrogens with one attached hydrogen (secondary N) is 1. The molecule has 1 aromatic heterocycles. The van der Waals surface area contributed by atoms with Crippen molar-refractivity contribution < 1.29 is 9.15 Å². The maximum absolute atomic E-state index is 5.10. The normalized spacial score (nSPS) is 10.8. The predicted molar refractivity (Wildman–Crippen MR) is 88.5 cm³/mol. The molecule has 0 aliphatic rings. The van der Waals surface area contributed by atoms with Crippen LogP contribution in [0.5, 0.6) is 0 Å². The molecule has 0 saturated carbocycles. The smallest absolute Gasteiger partial charge is 0.0952 e. The molecule has 0 unspecified atom stereocenters. The summed E-state index contributed by atoms with van der Waals surface area (Å²) in [4.78, 5) is 2.19. The first-order valence-electron chi connectivity index (χ1n) is 6.91. The lowest BCUT2D eigenvalue weighted by Gasteiger charge is -2.19. The van der Waals surface area contributed by atoms with Gasteiger partial charge in [-0.1, -0.05) is 22.0 Å². The van der Waals surface area contributed by atoms with Crippen molar-refractivity contribution >= 4 is 21.6 Å². The van der Waals surface area contributed by atoms with E-state index in [4.69, 9.17) is 9.15 Å². The molecule has 0 aliphatic heterocycles. The molecular formula is C16H21BrN2O2. The van der Waals surface area contributed by atoms with Gasteiger partial charge in [0.05, 0.1) is 19.1 Å². The lowest BCUT2D eigenvalue weighted by Crippen LogP contribution is -2.19. The Balaban J connectivity index is 1.94. The van der Waals surface area contributed by atoms with Crippen LogP contribution in [0.25, 0.3) is 0 Å². The van der Waals surface area contributed by atoms with Crippen LogP contribution >= 0.6 is 15.9 Å². The van der Waals surface area contributed by atoms with E-state index in [9.17, 15) is 0 Å². The van der Waals surface area contributed by atoms with Crippen LogP contribution in [-0.2, 0) is 17.8 Å². The Morgan fingerprint density at radius 3 is 2.86 bits per heavy atom. The summed E-state index contributed by atoms with van der Waals surface area (Å²) in [5, 5.41) is 3.35. The van der Waals surface area contributed by atoms with Crippen LogP contribution in [0.2, 0.25) is 0 Å². The highest BCUT2D eigenvalue weighted by molar-refractivity contribution is 9.10. The van der Waals surface area contributed by atoms with Gasteiger partial charge < -0.3 is 19.4 Å². The molecule has 0 spiro atoms. The van der Waals surface area contributed by atoms with E-state index in [0.29, 0.717) is 0 Å². The highest BCUT2D eigenvalue weighted by atomic mass is 79.9. The molecule has 0 amide bonds. The van der Waals surface area contributed by atoms with Gasteiger partial charge in [-0.15, -0.1) is 0 Å². The van der Waals surface area contributed by atoms with Crippen LogP contribution in [0.3, 0.4) is 0 Å². The summed E-state index contributed by atoms with van der Waals surface area (Å²) in [6, 6.07) is 8.41. The average Bonchev–Trinajstić information content (AvgIpc) is 2.97. The highest BCUT2D eigenvalue weighted by Gasteiger charge is 2.06. The minimum absolute atomic E-state index is 0.725. The summed E-state index contributed by atoms with van der Waals surface area (Å²) in [6.45, 7) is 3.23. The van der Waals surface area contributed by atoms with E-state index in [-0.39, 0.29) is 0 Å². The standard InChI is InChI=1S/C16H21BrN2O2/c1-19(11-13-5-7-21-12-13)15-4-3-14(16(17)9-15)10-18-6-8-20-2/h3-5,7,9,12,18H,6,8,10-11H2,1-2H3. The fourth-order valence-electron chi connectivity index (χ4n) is 2.06. The molecular weight excluding hydrogens is 332 g/mol. The van der Waals surface area contributed by atoms with Gasteiger partial charge >= 0.3 is 0 Å². The average molecular weight is 353 g/mol. The summed E-state index contributed by atoms with van der Waals surface area (Å²) in [5.74, 6) is 0. The number of anilines is 1. The van der Waals surface area contributed by atoms with Gasteiger partial charge in [0.25, 0.3) is 0 Å². The van der Waals surface area contributed by atoms with Crippen molar-refractivity contribution in [3.63, 3.8) is 0 Å². The summed E-state index contributed by atoms with van der Waals surface area (Å²) in [6.07, 6.45) is 3.48. The number of benzene rings is 1. The van der Waals surface area contributed by atoms with Gasteiger partial charge in [0.15, 0.2) is 0 Å². The molecule has 114 valence electrons. The minimum atomic E-state index is 0.725. The Morgan fingerprint density at radius 2 is 2.19 bits per heavy atom. The zero-order valence-corrected chi connectivity index (χ0v) is 14.0. The van der Waals surface area contributed by atoms with E-state index < -0.39 is 0 Å². The van der Waals surface area contributed by atoms with Gasteiger partial charge in [-0.25, -0.2) is 0 Å². The number of rotatable bonds is 8. The van der Waals surface area contributed by atoms with Gasteiger partial charge in [0.2, 0.25) is 0 Å². The maximum Gasteiger partial charge on any atom is 0.0952 e. The largest absolute Gasteiger partial charge is 0.472 e. The van der Waals surface area contributed by atoms with Crippen molar-refractivity contribution in [3.05, 3.63) is 52.4 Å². The molecule has 1 N–H and O–H groups in total. The first kappa shape index (κ1) is 16.1.